The second-order valence-corrected chi connectivity index (χ2v) is 5.49. The average Bonchev–Trinajstić information content (AvgIpc) is 2.81. The van der Waals surface area contributed by atoms with Gasteiger partial charge in [0.15, 0.2) is 0 Å². The molecule has 1 aromatic rings. The quantitative estimate of drug-likeness (QED) is 0.911. The maximum atomic E-state index is 12.1. The highest BCUT2D eigenvalue weighted by Gasteiger charge is 2.28. The molecule has 0 aromatic heterocycles. The van der Waals surface area contributed by atoms with E-state index in [1.165, 1.54) is 0 Å². The summed E-state index contributed by atoms with van der Waals surface area (Å²) in [7, 11) is 0. The van der Waals surface area contributed by atoms with Crippen molar-refractivity contribution in [1.29, 1.82) is 0 Å². The Labute approximate surface area is 113 Å². The molecule has 18 heavy (non-hydrogen) atoms. The van der Waals surface area contributed by atoms with Gasteiger partial charge in [-0.2, -0.15) is 0 Å². The minimum absolute atomic E-state index is 0.165. The summed E-state index contributed by atoms with van der Waals surface area (Å²) in [6.45, 7) is 3.64. The van der Waals surface area contributed by atoms with Gasteiger partial charge < -0.3 is 10.6 Å². The topological polar surface area (TPSA) is 46.3 Å². The van der Waals surface area contributed by atoms with Crippen LogP contribution in [0.15, 0.2) is 24.3 Å². The number of amides is 1. The number of carbonyl (C=O) groups is 1. The maximum absolute atomic E-state index is 12.1. The second-order valence-electron chi connectivity index (χ2n) is 5.05. The van der Waals surface area contributed by atoms with Gasteiger partial charge in [0.25, 0.3) is 0 Å². The van der Waals surface area contributed by atoms with Crippen LogP contribution >= 0.6 is 11.6 Å². The zero-order valence-corrected chi connectivity index (χ0v) is 11.4. The molecule has 0 bridgehead atoms. The SMILES string of the molecule is CC(N)C1CCN(C(=O)Cc2ccc(Cl)cc2)C1. The van der Waals surface area contributed by atoms with E-state index in [1.807, 2.05) is 36.1 Å². The molecular weight excluding hydrogens is 248 g/mol. The van der Waals surface area contributed by atoms with Crippen molar-refractivity contribution in [2.75, 3.05) is 13.1 Å². The fourth-order valence-electron chi connectivity index (χ4n) is 2.33. The molecule has 2 N–H and O–H groups in total. The van der Waals surface area contributed by atoms with Gasteiger partial charge in [-0.05, 0) is 37.0 Å². The van der Waals surface area contributed by atoms with Gasteiger partial charge in [0, 0.05) is 24.2 Å². The molecule has 0 saturated carbocycles. The molecule has 2 atom stereocenters. The Hall–Kier alpha value is -1.06. The molecule has 2 rings (SSSR count). The van der Waals surface area contributed by atoms with E-state index >= 15 is 0 Å². The van der Waals surface area contributed by atoms with E-state index in [-0.39, 0.29) is 11.9 Å². The highest BCUT2D eigenvalue weighted by molar-refractivity contribution is 6.30. The summed E-state index contributed by atoms with van der Waals surface area (Å²) >= 11 is 5.82. The van der Waals surface area contributed by atoms with Crippen LogP contribution in [0.2, 0.25) is 5.02 Å². The molecule has 1 fully saturated rings. The first-order chi connectivity index (χ1) is 8.56. The molecule has 1 amide bonds. The molecular formula is C14H19ClN2O. The monoisotopic (exact) mass is 266 g/mol. The Balaban J connectivity index is 1.91. The molecule has 1 aliphatic rings. The van der Waals surface area contributed by atoms with E-state index in [9.17, 15) is 4.79 Å². The standard InChI is InChI=1S/C14H19ClN2O/c1-10(16)12-6-7-17(9-12)14(18)8-11-2-4-13(15)5-3-11/h2-5,10,12H,6-9,16H2,1H3. The van der Waals surface area contributed by atoms with Crippen molar-refractivity contribution in [1.82, 2.24) is 4.90 Å². The van der Waals surface area contributed by atoms with Gasteiger partial charge in [-0.1, -0.05) is 23.7 Å². The molecule has 0 spiro atoms. The predicted octanol–water partition coefficient (Wildman–Crippen LogP) is 2.08. The highest BCUT2D eigenvalue weighted by Crippen LogP contribution is 2.20. The summed E-state index contributed by atoms with van der Waals surface area (Å²) in [6.07, 6.45) is 1.47. The van der Waals surface area contributed by atoms with Crippen molar-refractivity contribution >= 4 is 17.5 Å². The van der Waals surface area contributed by atoms with Gasteiger partial charge in [0.2, 0.25) is 5.91 Å². The summed E-state index contributed by atoms with van der Waals surface area (Å²) in [4.78, 5) is 14.0. The molecule has 1 aromatic carbocycles. The highest BCUT2D eigenvalue weighted by atomic mass is 35.5. The van der Waals surface area contributed by atoms with Crippen LogP contribution in [0.4, 0.5) is 0 Å². The Morgan fingerprint density at radius 3 is 2.72 bits per heavy atom. The fourth-order valence-corrected chi connectivity index (χ4v) is 2.46. The number of hydrogen-bond donors (Lipinski definition) is 1. The van der Waals surface area contributed by atoms with Crippen LogP contribution in [-0.2, 0) is 11.2 Å². The zero-order valence-electron chi connectivity index (χ0n) is 10.6. The van der Waals surface area contributed by atoms with E-state index in [1.54, 1.807) is 0 Å². The smallest absolute Gasteiger partial charge is 0.226 e. The maximum Gasteiger partial charge on any atom is 0.226 e. The molecule has 1 aliphatic heterocycles. The van der Waals surface area contributed by atoms with Crippen molar-refractivity contribution in [2.24, 2.45) is 11.7 Å². The molecule has 3 nitrogen and oxygen atoms in total. The second kappa shape index (κ2) is 5.72. The number of rotatable bonds is 3. The van der Waals surface area contributed by atoms with Gasteiger partial charge in [0.1, 0.15) is 0 Å². The van der Waals surface area contributed by atoms with Crippen LogP contribution in [0, 0.1) is 5.92 Å². The van der Waals surface area contributed by atoms with Crippen LogP contribution < -0.4 is 5.73 Å². The van der Waals surface area contributed by atoms with Crippen molar-refractivity contribution in [3.63, 3.8) is 0 Å². The van der Waals surface area contributed by atoms with Crippen molar-refractivity contribution < 1.29 is 4.79 Å². The van der Waals surface area contributed by atoms with Gasteiger partial charge >= 0.3 is 0 Å². The van der Waals surface area contributed by atoms with Crippen molar-refractivity contribution in [3.05, 3.63) is 34.9 Å². The Morgan fingerprint density at radius 1 is 1.50 bits per heavy atom. The summed E-state index contributed by atoms with van der Waals surface area (Å²) in [5, 5.41) is 0.699. The third kappa shape index (κ3) is 3.24. The van der Waals surface area contributed by atoms with E-state index in [0.717, 1.165) is 25.1 Å². The largest absolute Gasteiger partial charge is 0.342 e. The lowest BCUT2D eigenvalue weighted by Crippen LogP contribution is -2.33. The van der Waals surface area contributed by atoms with E-state index < -0.39 is 0 Å². The Kier molecular flexibility index (Phi) is 4.25. The van der Waals surface area contributed by atoms with Gasteiger partial charge in [-0.3, -0.25) is 4.79 Å². The first-order valence-electron chi connectivity index (χ1n) is 6.34. The predicted molar refractivity (Wildman–Crippen MR) is 73.5 cm³/mol. The molecule has 0 aliphatic carbocycles. The normalized spacial score (nSPS) is 21.1. The third-order valence-electron chi connectivity index (χ3n) is 3.59. The minimum Gasteiger partial charge on any atom is -0.342 e. The summed E-state index contributed by atoms with van der Waals surface area (Å²) in [6, 6.07) is 7.61. The Morgan fingerprint density at radius 2 is 2.17 bits per heavy atom. The minimum atomic E-state index is 0.165. The lowest BCUT2D eigenvalue weighted by molar-refractivity contribution is -0.129. The van der Waals surface area contributed by atoms with Gasteiger partial charge in [-0.15, -0.1) is 0 Å². The molecule has 98 valence electrons. The number of nitrogens with two attached hydrogens (primary N) is 1. The molecule has 0 radical (unpaired) electrons. The van der Waals surface area contributed by atoms with Crippen LogP contribution in [-0.4, -0.2) is 29.9 Å². The summed E-state index contributed by atoms with van der Waals surface area (Å²) < 4.78 is 0. The van der Waals surface area contributed by atoms with Crippen molar-refractivity contribution in [2.45, 2.75) is 25.8 Å². The summed E-state index contributed by atoms with van der Waals surface area (Å²) in [5.41, 5.74) is 6.88. The van der Waals surface area contributed by atoms with E-state index in [4.69, 9.17) is 17.3 Å². The zero-order chi connectivity index (χ0) is 13.1. The van der Waals surface area contributed by atoms with E-state index in [0.29, 0.717) is 17.4 Å². The Bertz CT molecular complexity index is 416. The first kappa shape index (κ1) is 13.4. The number of carbonyl (C=O) groups excluding carboxylic acids is 1. The van der Waals surface area contributed by atoms with Gasteiger partial charge in [-0.25, -0.2) is 0 Å². The van der Waals surface area contributed by atoms with Crippen LogP contribution in [0.1, 0.15) is 18.9 Å². The van der Waals surface area contributed by atoms with Gasteiger partial charge in [0.05, 0.1) is 6.42 Å². The number of halogens is 1. The number of likely N-dealkylation sites (tertiary alicyclic amines) is 1. The lowest BCUT2D eigenvalue weighted by Gasteiger charge is -2.18. The number of benzene rings is 1. The molecule has 4 heteroatoms. The third-order valence-corrected chi connectivity index (χ3v) is 3.84. The first-order valence-corrected chi connectivity index (χ1v) is 6.72. The molecule has 1 saturated heterocycles. The van der Waals surface area contributed by atoms with E-state index in [2.05, 4.69) is 0 Å². The average molecular weight is 267 g/mol. The number of nitrogens with zero attached hydrogens (tertiary/aromatic N) is 1. The molecule has 1 heterocycles. The number of hydrogen-bond acceptors (Lipinski definition) is 2. The lowest BCUT2D eigenvalue weighted by atomic mass is 10.0. The molecule has 2 unspecified atom stereocenters. The fraction of sp³-hybridized carbons (Fsp3) is 0.500. The van der Waals surface area contributed by atoms with Crippen LogP contribution in [0.3, 0.4) is 0 Å². The van der Waals surface area contributed by atoms with Crippen LogP contribution in [0.5, 0.6) is 0 Å². The van der Waals surface area contributed by atoms with Crippen molar-refractivity contribution in [3.8, 4) is 0 Å². The summed E-state index contributed by atoms with van der Waals surface area (Å²) in [5.74, 6) is 0.625. The van der Waals surface area contributed by atoms with Crippen LogP contribution in [0.25, 0.3) is 0 Å².